The Labute approximate surface area is 94.9 Å². The summed E-state index contributed by atoms with van der Waals surface area (Å²) in [5.41, 5.74) is 21.1. The molecule has 0 aliphatic rings. The SMILES string of the molecule is Nc1cccc(C(N)c2ccccc2N)c1. The number of rotatable bonds is 2. The van der Waals surface area contributed by atoms with Gasteiger partial charge in [-0.05, 0) is 29.3 Å². The van der Waals surface area contributed by atoms with E-state index >= 15 is 0 Å². The predicted molar refractivity (Wildman–Crippen MR) is 67.7 cm³/mol. The number of para-hydroxylation sites is 1. The van der Waals surface area contributed by atoms with E-state index in [9.17, 15) is 0 Å². The molecular weight excluding hydrogens is 198 g/mol. The van der Waals surface area contributed by atoms with Crippen LogP contribution >= 0.6 is 0 Å². The molecule has 0 aliphatic carbocycles. The molecule has 2 aromatic carbocycles. The first-order chi connectivity index (χ1) is 7.68. The third kappa shape index (κ3) is 1.99. The minimum Gasteiger partial charge on any atom is -0.399 e. The first-order valence-electron chi connectivity index (χ1n) is 5.14. The van der Waals surface area contributed by atoms with Crippen LogP contribution < -0.4 is 17.2 Å². The quantitative estimate of drug-likeness (QED) is 0.667. The van der Waals surface area contributed by atoms with E-state index in [2.05, 4.69) is 0 Å². The van der Waals surface area contributed by atoms with Gasteiger partial charge in [0.25, 0.3) is 0 Å². The Morgan fingerprint density at radius 1 is 0.875 bits per heavy atom. The average Bonchev–Trinajstić information content (AvgIpc) is 2.29. The minimum atomic E-state index is -0.232. The molecule has 0 saturated carbocycles. The summed E-state index contributed by atoms with van der Waals surface area (Å²) in [7, 11) is 0. The maximum Gasteiger partial charge on any atom is 0.0572 e. The van der Waals surface area contributed by atoms with E-state index in [1.54, 1.807) is 0 Å². The van der Waals surface area contributed by atoms with Crippen molar-refractivity contribution in [2.75, 3.05) is 11.5 Å². The molecule has 0 spiro atoms. The van der Waals surface area contributed by atoms with E-state index in [0.29, 0.717) is 11.4 Å². The molecule has 3 heteroatoms. The Balaban J connectivity index is 2.39. The predicted octanol–water partition coefficient (Wildman–Crippen LogP) is 1.90. The van der Waals surface area contributed by atoms with Gasteiger partial charge in [-0.1, -0.05) is 30.3 Å². The second-order valence-corrected chi connectivity index (χ2v) is 3.78. The van der Waals surface area contributed by atoms with E-state index in [1.807, 2.05) is 48.5 Å². The third-order valence-electron chi connectivity index (χ3n) is 2.60. The molecule has 1 atom stereocenters. The molecule has 0 aliphatic heterocycles. The van der Waals surface area contributed by atoms with Crippen molar-refractivity contribution in [2.24, 2.45) is 5.73 Å². The zero-order valence-electron chi connectivity index (χ0n) is 8.93. The van der Waals surface area contributed by atoms with Gasteiger partial charge in [0.2, 0.25) is 0 Å². The number of benzene rings is 2. The van der Waals surface area contributed by atoms with E-state index < -0.39 is 0 Å². The topological polar surface area (TPSA) is 78.1 Å². The number of anilines is 2. The van der Waals surface area contributed by atoms with Crippen LogP contribution in [0.5, 0.6) is 0 Å². The summed E-state index contributed by atoms with van der Waals surface area (Å²) < 4.78 is 0. The van der Waals surface area contributed by atoms with Crippen LogP contribution in [0.2, 0.25) is 0 Å². The zero-order chi connectivity index (χ0) is 11.5. The van der Waals surface area contributed by atoms with E-state index in [0.717, 1.165) is 11.1 Å². The lowest BCUT2D eigenvalue weighted by molar-refractivity contribution is 0.875. The fraction of sp³-hybridized carbons (Fsp3) is 0.0769. The molecule has 0 radical (unpaired) electrons. The van der Waals surface area contributed by atoms with Crippen LogP contribution in [0.3, 0.4) is 0 Å². The van der Waals surface area contributed by atoms with E-state index in [1.165, 1.54) is 0 Å². The van der Waals surface area contributed by atoms with Gasteiger partial charge in [-0.3, -0.25) is 0 Å². The van der Waals surface area contributed by atoms with Gasteiger partial charge in [-0.15, -0.1) is 0 Å². The van der Waals surface area contributed by atoms with Gasteiger partial charge in [0.15, 0.2) is 0 Å². The molecule has 1 unspecified atom stereocenters. The summed E-state index contributed by atoms with van der Waals surface area (Å²) in [6.45, 7) is 0. The van der Waals surface area contributed by atoms with Gasteiger partial charge in [0.1, 0.15) is 0 Å². The number of hydrogen-bond acceptors (Lipinski definition) is 3. The molecule has 6 N–H and O–H groups in total. The maximum absolute atomic E-state index is 6.15. The summed E-state index contributed by atoms with van der Waals surface area (Å²) in [6, 6.07) is 14.9. The molecular formula is C13H15N3. The molecule has 0 amide bonds. The number of nitrogens with two attached hydrogens (primary N) is 3. The largest absolute Gasteiger partial charge is 0.399 e. The van der Waals surface area contributed by atoms with E-state index in [4.69, 9.17) is 17.2 Å². The molecule has 2 rings (SSSR count). The van der Waals surface area contributed by atoms with Crippen molar-refractivity contribution in [1.29, 1.82) is 0 Å². The molecule has 16 heavy (non-hydrogen) atoms. The fourth-order valence-electron chi connectivity index (χ4n) is 1.73. The number of hydrogen-bond donors (Lipinski definition) is 3. The lowest BCUT2D eigenvalue weighted by atomic mass is 9.98. The van der Waals surface area contributed by atoms with Gasteiger partial charge in [-0.2, -0.15) is 0 Å². The highest BCUT2D eigenvalue weighted by atomic mass is 14.7. The summed E-state index contributed by atoms with van der Waals surface area (Å²) >= 11 is 0. The Morgan fingerprint density at radius 2 is 1.62 bits per heavy atom. The van der Waals surface area contributed by atoms with Crippen LogP contribution in [0, 0.1) is 0 Å². The van der Waals surface area contributed by atoms with Crippen LogP contribution in [-0.2, 0) is 0 Å². The summed E-state index contributed by atoms with van der Waals surface area (Å²) in [6.07, 6.45) is 0. The highest BCUT2D eigenvalue weighted by Gasteiger charge is 2.11. The molecule has 0 fully saturated rings. The van der Waals surface area contributed by atoms with Crippen LogP contribution in [0.15, 0.2) is 48.5 Å². The Hall–Kier alpha value is -2.00. The minimum absolute atomic E-state index is 0.232. The Kier molecular flexibility index (Phi) is 2.79. The Morgan fingerprint density at radius 3 is 2.31 bits per heavy atom. The molecule has 82 valence electrons. The standard InChI is InChI=1S/C13H15N3/c14-10-5-3-4-9(8-10)13(16)11-6-1-2-7-12(11)15/h1-8,13H,14-16H2. The van der Waals surface area contributed by atoms with Gasteiger partial charge in [0, 0.05) is 11.4 Å². The highest BCUT2D eigenvalue weighted by molar-refractivity contribution is 5.52. The first kappa shape index (κ1) is 10.5. The van der Waals surface area contributed by atoms with Gasteiger partial charge < -0.3 is 17.2 Å². The van der Waals surface area contributed by atoms with Crippen molar-refractivity contribution in [3.63, 3.8) is 0 Å². The van der Waals surface area contributed by atoms with E-state index in [-0.39, 0.29) is 6.04 Å². The third-order valence-corrected chi connectivity index (χ3v) is 2.60. The van der Waals surface area contributed by atoms with Crippen LogP contribution in [0.25, 0.3) is 0 Å². The first-order valence-corrected chi connectivity index (χ1v) is 5.14. The van der Waals surface area contributed by atoms with Crippen molar-refractivity contribution < 1.29 is 0 Å². The smallest absolute Gasteiger partial charge is 0.0572 e. The summed E-state index contributed by atoms with van der Waals surface area (Å²) in [5.74, 6) is 0. The van der Waals surface area contributed by atoms with Crippen LogP contribution in [0.1, 0.15) is 17.2 Å². The average molecular weight is 213 g/mol. The zero-order valence-corrected chi connectivity index (χ0v) is 8.93. The molecule has 0 bridgehead atoms. The molecule has 0 heterocycles. The van der Waals surface area contributed by atoms with Gasteiger partial charge in [-0.25, -0.2) is 0 Å². The summed E-state index contributed by atoms with van der Waals surface area (Å²) in [5, 5.41) is 0. The molecule has 3 nitrogen and oxygen atoms in total. The monoisotopic (exact) mass is 213 g/mol. The second-order valence-electron chi connectivity index (χ2n) is 3.78. The molecule has 0 saturated heterocycles. The lowest BCUT2D eigenvalue weighted by Crippen LogP contribution is -2.13. The van der Waals surface area contributed by atoms with Gasteiger partial charge in [0.05, 0.1) is 6.04 Å². The van der Waals surface area contributed by atoms with Crippen molar-refractivity contribution in [2.45, 2.75) is 6.04 Å². The van der Waals surface area contributed by atoms with Crippen molar-refractivity contribution >= 4 is 11.4 Å². The lowest BCUT2D eigenvalue weighted by Gasteiger charge is -2.15. The number of nitrogen functional groups attached to an aromatic ring is 2. The van der Waals surface area contributed by atoms with Gasteiger partial charge >= 0.3 is 0 Å². The van der Waals surface area contributed by atoms with Crippen LogP contribution in [-0.4, -0.2) is 0 Å². The van der Waals surface area contributed by atoms with Crippen molar-refractivity contribution in [3.8, 4) is 0 Å². The normalized spacial score (nSPS) is 12.3. The maximum atomic E-state index is 6.15. The summed E-state index contributed by atoms with van der Waals surface area (Å²) in [4.78, 5) is 0. The fourth-order valence-corrected chi connectivity index (χ4v) is 1.73. The molecule has 0 aromatic heterocycles. The molecule has 2 aromatic rings. The van der Waals surface area contributed by atoms with Crippen molar-refractivity contribution in [1.82, 2.24) is 0 Å². The second kappa shape index (κ2) is 4.24. The van der Waals surface area contributed by atoms with Crippen LogP contribution in [0.4, 0.5) is 11.4 Å². The highest BCUT2D eigenvalue weighted by Crippen LogP contribution is 2.25. The van der Waals surface area contributed by atoms with Crippen molar-refractivity contribution in [3.05, 3.63) is 59.7 Å². The Bertz CT molecular complexity index is 494.